The molecular weight excluding hydrogens is 195 g/mol. The Balaban J connectivity index is 0. The van der Waals surface area contributed by atoms with Crippen LogP contribution in [-0.2, 0) is 0 Å². The standard InChI is InChI=1S/C12H20N.CBN/c1-5-9-13(10-6-2,11-7-3)12-8-4;2-1-3/h5-8H,1-4,9-12H2;/q+1;. The fraction of sp³-hybridized carbons (Fsp3) is 0.308. The molecule has 3 heteroatoms. The molecular formula is C13H20BN2+. The third-order valence-electron chi connectivity index (χ3n) is 2.07. The molecule has 0 aromatic carbocycles. The number of nitrogens with zero attached hydrogens (tertiary/aromatic N) is 2. The van der Waals surface area contributed by atoms with Gasteiger partial charge in [-0.15, -0.1) is 0 Å². The van der Waals surface area contributed by atoms with Gasteiger partial charge in [-0.25, -0.2) is 5.26 Å². The smallest absolute Gasteiger partial charge is 0.229 e. The van der Waals surface area contributed by atoms with Crippen molar-refractivity contribution in [3.63, 3.8) is 0 Å². The lowest BCUT2D eigenvalue weighted by Crippen LogP contribution is -2.48. The molecule has 0 aliphatic rings. The zero-order valence-electron chi connectivity index (χ0n) is 9.94. The first-order chi connectivity index (χ1) is 7.66. The maximum Gasteiger partial charge on any atom is 0.229 e. The first kappa shape index (κ1) is 16.9. The second kappa shape index (κ2) is 11.5. The molecule has 0 aliphatic carbocycles. The van der Waals surface area contributed by atoms with Crippen molar-refractivity contribution in [3.8, 4) is 5.97 Å². The summed E-state index contributed by atoms with van der Waals surface area (Å²) >= 11 is 0. The fourth-order valence-electron chi connectivity index (χ4n) is 1.54. The van der Waals surface area contributed by atoms with Gasteiger partial charge in [-0.2, -0.15) is 0 Å². The predicted octanol–water partition coefficient (Wildman–Crippen LogP) is 2.18. The highest BCUT2D eigenvalue weighted by molar-refractivity contribution is 6.20. The largest absolute Gasteiger partial charge is 0.311 e. The minimum atomic E-state index is 0.903. The summed E-state index contributed by atoms with van der Waals surface area (Å²) in [6.07, 6.45) is 7.76. The average Bonchev–Trinajstić information content (AvgIpc) is 2.20. The van der Waals surface area contributed by atoms with Gasteiger partial charge >= 0.3 is 0 Å². The van der Waals surface area contributed by atoms with Crippen molar-refractivity contribution >= 4 is 7.85 Å². The molecule has 0 spiro atoms. The number of nitriles is 1. The van der Waals surface area contributed by atoms with Crippen LogP contribution in [0.5, 0.6) is 0 Å². The van der Waals surface area contributed by atoms with E-state index >= 15 is 0 Å². The third kappa shape index (κ3) is 7.84. The van der Waals surface area contributed by atoms with E-state index in [2.05, 4.69) is 34.2 Å². The van der Waals surface area contributed by atoms with Crippen LogP contribution in [0.3, 0.4) is 0 Å². The minimum absolute atomic E-state index is 0.903. The van der Waals surface area contributed by atoms with Crippen LogP contribution < -0.4 is 0 Å². The summed E-state index contributed by atoms with van der Waals surface area (Å²) < 4.78 is 0.903. The summed E-state index contributed by atoms with van der Waals surface area (Å²) in [6.45, 7) is 18.8. The van der Waals surface area contributed by atoms with Gasteiger partial charge in [0.05, 0.1) is 26.2 Å². The van der Waals surface area contributed by atoms with Crippen LogP contribution in [0, 0.1) is 11.2 Å². The van der Waals surface area contributed by atoms with Crippen molar-refractivity contribution < 1.29 is 4.48 Å². The summed E-state index contributed by atoms with van der Waals surface area (Å²) in [4.78, 5) is 0. The second-order valence-electron chi connectivity index (χ2n) is 3.36. The highest BCUT2D eigenvalue weighted by atomic mass is 15.3. The second-order valence-corrected chi connectivity index (χ2v) is 3.36. The maximum atomic E-state index is 7.10. The predicted molar refractivity (Wildman–Crippen MR) is 71.9 cm³/mol. The van der Waals surface area contributed by atoms with Crippen LogP contribution in [0.4, 0.5) is 0 Å². The lowest BCUT2D eigenvalue weighted by molar-refractivity contribution is -0.906. The third-order valence-corrected chi connectivity index (χ3v) is 2.07. The Labute approximate surface area is 101 Å². The molecule has 0 saturated carbocycles. The van der Waals surface area contributed by atoms with E-state index < -0.39 is 0 Å². The van der Waals surface area contributed by atoms with Gasteiger partial charge in [0.25, 0.3) is 0 Å². The maximum absolute atomic E-state index is 7.10. The van der Waals surface area contributed by atoms with E-state index in [1.165, 1.54) is 5.97 Å². The van der Waals surface area contributed by atoms with Gasteiger partial charge in [0.15, 0.2) is 0 Å². The molecule has 0 amide bonds. The lowest BCUT2D eigenvalue weighted by Gasteiger charge is -2.35. The van der Waals surface area contributed by atoms with Crippen molar-refractivity contribution in [3.05, 3.63) is 50.6 Å². The summed E-state index contributed by atoms with van der Waals surface area (Å²) in [5, 5.41) is 7.10. The highest BCUT2D eigenvalue weighted by Gasteiger charge is 2.20. The Morgan fingerprint density at radius 3 is 1.19 bits per heavy atom. The van der Waals surface area contributed by atoms with E-state index in [-0.39, 0.29) is 0 Å². The lowest BCUT2D eigenvalue weighted by atomic mass is 10.2. The van der Waals surface area contributed by atoms with E-state index in [9.17, 15) is 0 Å². The zero-order chi connectivity index (χ0) is 12.9. The summed E-state index contributed by atoms with van der Waals surface area (Å²) in [7, 11) is 4.15. The summed E-state index contributed by atoms with van der Waals surface area (Å²) in [5.74, 6) is 1.25. The molecule has 0 heterocycles. The molecule has 0 N–H and O–H groups in total. The summed E-state index contributed by atoms with van der Waals surface area (Å²) in [5.41, 5.74) is 0. The molecule has 0 rings (SSSR count). The van der Waals surface area contributed by atoms with Crippen molar-refractivity contribution in [1.29, 1.82) is 5.26 Å². The fourth-order valence-corrected chi connectivity index (χ4v) is 1.54. The van der Waals surface area contributed by atoms with Gasteiger partial charge in [0, 0.05) is 0 Å². The topological polar surface area (TPSA) is 23.8 Å². The molecule has 0 saturated heterocycles. The highest BCUT2D eigenvalue weighted by Crippen LogP contribution is 2.07. The monoisotopic (exact) mass is 215 g/mol. The van der Waals surface area contributed by atoms with Crippen LogP contribution >= 0.6 is 0 Å². The van der Waals surface area contributed by atoms with Crippen molar-refractivity contribution in [1.82, 2.24) is 0 Å². The molecule has 16 heavy (non-hydrogen) atoms. The molecule has 0 aromatic heterocycles. The average molecular weight is 215 g/mol. The summed E-state index contributed by atoms with van der Waals surface area (Å²) in [6, 6.07) is 0. The molecule has 0 fully saturated rings. The minimum Gasteiger partial charge on any atom is -0.311 e. The Bertz CT molecular complexity index is 218. The van der Waals surface area contributed by atoms with Gasteiger partial charge < -0.3 is 4.48 Å². The van der Waals surface area contributed by atoms with Gasteiger partial charge in [0.1, 0.15) is 0 Å². The van der Waals surface area contributed by atoms with E-state index in [0.29, 0.717) is 0 Å². The Morgan fingerprint density at radius 2 is 1.06 bits per heavy atom. The van der Waals surface area contributed by atoms with Crippen LogP contribution in [0.1, 0.15) is 0 Å². The number of quaternary nitrogens is 1. The Kier molecular flexibility index (Phi) is 12.2. The van der Waals surface area contributed by atoms with Crippen molar-refractivity contribution in [2.24, 2.45) is 0 Å². The van der Waals surface area contributed by atoms with E-state index in [1.54, 1.807) is 0 Å². The molecule has 2 radical (unpaired) electrons. The van der Waals surface area contributed by atoms with E-state index in [0.717, 1.165) is 30.7 Å². The quantitative estimate of drug-likeness (QED) is 0.346. The van der Waals surface area contributed by atoms with Gasteiger partial charge in [-0.05, 0) is 30.3 Å². The van der Waals surface area contributed by atoms with Gasteiger partial charge in [-0.3, -0.25) is 0 Å². The molecule has 0 aromatic rings. The van der Waals surface area contributed by atoms with Crippen LogP contribution in [0.15, 0.2) is 50.6 Å². The zero-order valence-corrected chi connectivity index (χ0v) is 9.94. The van der Waals surface area contributed by atoms with Gasteiger partial charge in [-0.1, -0.05) is 26.3 Å². The van der Waals surface area contributed by atoms with Crippen molar-refractivity contribution in [2.75, 3.05) is 26.2 Å². The molecule has 2 nitrogen and oxygen atoms in total. The number of rotatable bonds is 8. The van der Waals surface area contributed by atoms with E-state index in [1.807, 2.05) is 24.3 Å². The normalized spacial score (nSPS) is 8.94. The van der Waals surface area contributed by atoms with Crippen molar-refractivity contribution in [2.45, 2.75) is 0 Å². The number of hydrogen-bond acceptors (Lipinski definition) is 1. The first-order valence-corrected chi connectivity index (χ1v) is 5.04. The molecule has 0 aliphatic heterocycles. The Hall–Kier alpha value is -1.53. The van der Waals surface area contributed by atoms with Crippen LogP contribution in [-0.4, -0.2) is 38.5 Å². The molecule has 0 unspecified atom stereocenters. The van der Waals surface area contributed by atoms with Gasteiger partial charge in [0.2, 0.25) is 7.85 Å². The first-order valence-electron chi connectivity index (χ1n) is 5.04. The molecule has 0 atom stereocenters. The molecule has 84 valence electrons. The molecule has 0 bridgehead atoms. The van der Waals surface area contributed by atoms with Crippen LogP contribution in [0.2, 0.25) is 0 Å². The van der Waals surface area contributed by atoms with E-state index in [4.69, 9.17) is 5.26 Å². The Morgan fingerprint density at radius 1 is 0.875 bits per heavy atom. The SMILES string of the molecule is C=CC[N+](CC=C)(CC=C)CC=C.[B]C#N. The van der Waals surface area contributed by atoms with Crippen LogP contribution in [0.25, 0.3) is 0 Å². The number of hydrogen-bond donors (Lipinski definition) is 0.